The Morgan fingerprint density at radius 3 is 2.41 bits per heavy atom. The number of benzene rings is 3. The number of nitrogens with zero attached hydrogens (tertiary/aromatic N) is 4. The SMILES string of the molecule is COC(=O)C1=C(C)N=c2s/c(=C\c3cn(-c4ccccc4)nc3-c3ccc(F)cc3)c(=O)n2C1c1ccc(OC(C)=O)c(OC)c1. The van der Waals surface area contributed by atoms with E-state index < -0.39 is 23.5 Å². The van der Waals surface area contributed by atoms with E-state index in [9.17, 15) is 18.8 Å². The molecular weight excluding hydrogens is 611 g/mol. The Kier molecular flexibility index (Phi) is 8.20. The molecular formula is C34H27FN4O6S. The summed E-state index contributed by atoms with van der Waals surface area (Å²) in [4.78, 5) is 44.0. The minimum Gasteiger partial charge on any atom is -0.493 e. The fourth-order valence-electron chi connectivity index (χ4n) is 5.28. The molecule has 0 spiro atoms. The lowest BCUT2D eigenvalue weighted by Crippen LogP contribution is -2.39. The second kappa shape index (κ2) is 12.4. The van der Waals surface area contributed by atoms with E-state index in [0.717, 1.165) is 17.0 Å². The summed E-state index contributed by atoms with van der Waals surface area (Å²) in [7, 11) is 2.69. The number of hydrogen-bond donors (Lipinski definition) is 0. The monoisotopic (exact) mass is 638 g/mol. The van der Waals surface area contributed by atoms with Crippen LogP contribution in [0, 0.1) is 5.82 Å². The topological polar surface area (TPSA) is 114 Å². The molecule has 12 heteroatoms. The van der Waals surface area contributed by atoms with Crippen molar-refractivity contribution in [2.75, 3.05) is 14.2 Å². The van der Waals surface area contributed by atoms with Crippen LogP contribution >= 0.6 is 11.3 Å². The van der Waals surface area contributed by atoms with Crippen molar-refractivity contribution < 1.29 is 28.2 Å². The fraction of sp³-hybridized carbons (Fsp3) is 0.147. The van der Waals surface area contributed by atoms with Crippen LogP contribution in [0.2, 0.25) is 0 Å². The van der Waals surface area contributed by atoms with Gasteiger partial charge in [-0.25, -0.2) is 18.9 Å². The Balaban J connectivity index is 1.56. The van der Waals surface area contributed by atoms with E-state index in [4.69, 9.17) is 19.3 Å². The van der Waals surface area contributed by atoms with Crippen LogP contribution in [0.1, 0.15) is 31.0 Å². The van der Waals surface area contributed by atoms with Gasteiger partial charge in [-0.2, -0.15) is 5.10 Å². The molecule has 0 radical (unpaired) electrons. The molecule has 5 aromatic rings. The molecule has 232 valence electrons. The molecule has 3 aromatic carbocycles. The molecule has 2 aromatic heterocycles. The number of hydrogen-bond acceptors (Lipinski definition) is 9. The quantitative estimate of drug-likeness (QED) is 0.193. The van der Waals surface area contributed by atoms with Gasteiger partial charge in [0.15, 0.2) is 16.3 Å². The van der Waals surface area contributed by atoms with Crippen LogP contribution < -0.4 is 24.4 Å². The molecule has 1 unspecified atom stereocenters. The van der Waals surface area contributed by atoms with Crippen molar-refractivity contribution in [2.45, 2.75) is 19.9 Å². The summed E-state index contributed by atoms with van der Waals surface area (Å²) in [6.45, 7) is 2.95. The second-order valence-electron chi connectivity index (χ2n) is 10.3. The highest BCUT2D eigenvalue weighted by Gasteiger charge is 2.34. The average molecular weight is 639 g/mol. The molecule has 0 N–H and O–H groups in total. The van der Waals surface area contributed by atoms with Crippen LogP contribution in [0.25, 0.3) is 23.0 Å². The first-order valence-electron chi connectivity index (χ1n) is 14.1. The number of halogens is 1. The van der Waals surface area contributed by atoms with Gasteiger partial charge < -0.3 is 14.2 Å². The molecule has 10 nitrogen and oxygen atoms in total. The van der Waals surface area contributed by atoms with Gasteiger partial charge in [0.25, 0.3) is 5.56 Å². The smallest absolute Gasteiger partial charge is 0.338 e. The summed E-state index contributed by atoms with van der Waals surface area (Å²) in [6, 6.07) is 19.3. The van der Waals surface area contributed by atoms with Gasteiger partial charge in [0.1, 0.15) is 11.5 Å². The van der Waals surface area contributed by atoms with Gasteiger partial charge in [-0.1, -0.05) is 35.6 Å². The van der Waals surface area contributed by atoms with Crippen LogP contribution in [-0.4, -0.2) is 40.5 Å². The Hall–Kier alpha value is -5.62. The number of thiazole rings is 1. The number of allylic oxidation sites excluding steroid dienone is 1. The molecule has 0 aliphatic carbocycles. The zero-order chi connectivity index (χ0) is 32.5. The maximum atomic E-state index is 14.2. The standard InChI is InChI=1S/C34H27FN4O6S/c1-19-29(33(42)44-4)31(22-12-15-26(45-20(2)40)27(16-22)43-3)39-32(41)28(46-34(39)36-19)17-23-18-38(25-8-6-5-7-9-25)37-30(23)21-10-13-24(35)14-11-21/h5-18,31H,1-4H3/b28-17-. The van der Waals surface area contributed by atoms with Crippen molar-refractivity contribution >= 4 is 29.4 Å². The van der Waals surface area contributed by atoms with Gasteiger partial charge in [-0.15, -0.1) is 0 Å². The van der Waals surface area contributed by atoms with Crippen molar-refractivity contribution in [1.82, 2.24) is 14.3 Å². The van der Waals surface area contributed by atoms with Gasteiger partial charge in [0.05, 0.1) is 41.8 Å². The maximum Gasteiger partial charge on any atom is 0.338 e. The van der Waals surface area contributed by atoms with E-state index in [0.29, 0.717) is 37.4 Å². The number of carbonyl (C=O) groups excluding carboxylic acids is 2. The Labute approximate surface area is 265 Å². The van der Waals surface area contributed by atoms with Crippen LogP contribution in [0.4, 0.5) is 4.39 Å². The number of fused-ring (bicyclic) bond motifs is 1. The molecule has 1 aliphatic heterocycles. The lowest BCUT2D eigenvalue weighted by Gasteiger charge is -2.25. The minimum atomic E-state index is -0.922. The molecule has 1 atom stereocenters. The summed E-state index contributed by atoms with van der Waals surface area (Å²) in [5.41, 5.74) is 3.30. The molecule has 6 rings (SSSR count). The number of para-hydroxylation sites is 1. The molecule has 3 heterocycles. The van der Waals surface area contributed by atoms with E-state index in [1.165, 1.54) is 37.8 Å². The van der Waals surface area contributed by atoms with Crippen molar-refractivity contribution in [1.29, 1.82) is 0 Å². The molecule has 0 bridgehead atoms. The van der Waals surface area contributed by atoms with Crippen LogP contribution in [0.15, 0.2) is 100 Å². The lowest BCUT2D eigenvalue weighted by atomic mass is 9.95. The first kappa shape index (κ1) is 30.4. The molecule has 0 amide bonds. The Morgan fingerprint density at radius 1 is 1.00 bits per heavy atom. The number of aromatic nitrogens is 3. The zero-order valence-corrected chi connectivity index (χ0v) is 26.0. The lowest BCUT2D eigenvalue weighted by molar-refractivity contribution is -0.136. The largest absolute Gasteiger partial charge is 0.493 e. The normalized spacial score (nSPS) is 14.5. The van der Waals surface area contributed by atoms with Crippen molar-refractivity contribution in [3.05, 3.63) is 127 Å². The summed E-state index contributed by atoms with van der Waals surface area (Å²) >= 11 is 1.16. The molecule has 1 aliphatic rings. The Morgan fingerprint density at radius 2 is 1.74 bits per heavy atom. The number of esters is 2. The van der Waals surface area contributed by atoms with Crippen LogP contribution in [0.5, 0.6) is 11.5 Å². The van der Waals surface area contributed by atoms with Crippen LogP contribution in [-0.2, 0) is 14.3 Å². The highest BCUT2D eigenvalue weighted by atomic mass is 32.1. The van der Waals surface area contributed by atoms with Gasteiger partial charge in [-0.3, -0.25) is 14.2 Å². The second-order valence-corrected chi connectivity index (χ2v) is 11.3. The summed E-state index contributed by atoms with van der Waals surface area (Å²) < 4.78 is 33.1. The number of ether oxygens (including phenoxy) is 3. The summed E-state index contributed by atoms with van der Waals surface area (Å²) in [5.74, 6) is -1.12. The average Bonchev–Trinajstić information content (AvgIpc) is 3.61. The predicted molar refractivity (Wildman–Crippen MR) is 169 cm³/mol. The van der Waals surface area contributed by atoms with E-state index in [1.807, 2.05) is 30.3 Å². The summed E-state index contributed by atoms with van der Waals surface area (Å²) in [5, 5.41) is 4.77. The van der Waals surface area contributed by atoms with Crippen LogP contribution in [0.3, 0.4) is 0 Å². The molecule has 0 saturated heterocycles. The van der Waals surface area contributed by atoms with Gasteiger partial charge in [-0.05, 0) is 67.1 Å². The highest BCUT2D eigenvalue weighted by molar-refractivity contribution is 7.07. The first-order valence-corrected chi connectivity index (χ1v) is 14.9. The van der Waals surface area contributed by atoms with E-state index >= 15 is 0 Å². The zero-order valence-electron chi connectivity index (χ0n) is 25.2. The third-order valence-electron chi connectivity index (χ3n) is 7.35. The minimum absolute atomic E-state index is 0.174. The van der Waals surface area contributed by atoms with Crippen molar-refractivity contribution in [2.24, 2.45) is 4.99 Å². The number of carbonyl (C=O) groups is 2. The van der Waals surface area contributed by atoms with Gasteiger partial charge >= 0.3 is 11.9 Å². The van der Waals surface area contributed by atoms with Crippen molar-refractivity contribution in [3.63, 3.8) is 0 Å². The first-order chi connectivity index (χ1) is 22.2. The third kappa shape index (κ3) is 5.66. The van der Waals surface area contributed by atoms with Gasteiger partial charge in [0, 0.05) is 24.2 Å². The number of rotatable bonds is 7. The maximum absolute atomic E-state index is 14.2. The van der Waals surface area contributed by atoms with E-state index in [2.05, 4.69) is 4.99 Å². The Bertz CT molecular complexity index is 2200. The van der Waals surface area contributed by atoms with Crippen molar-refractivity contribution in [3.8, 4) is 28.4 Å². The molecule has 0 saturated carbocycles. The number of methoxy groups -OCH3 is 2. The fourth-order valence-corrected chi connectivity index (χ4v) is 6.32. The van der Waals surface area contributed by atoms with Gasteiger partial charge in [0.2, 0.25) is 0 Å². The molecule has 0 fully saturated rings. The van der Waals surface area contributed by atoms with E-state index in [1.54, 1.807) is 54.2 Å². The third-order valence-corrected chi connectivity index (χ3v) is 8.33. The highest BCUT2D eigenvalue weighted by Crippen LogP contribution is 2.36. The van der Waals surface area contributed by atoms with E-state index in [-0.39, 0.29) is 22.9 Å². The summed E-state index contributed by atoms with van der Waals surface area (Å²) in [6.07, 6.45) is 3.51. The molecule has 46 heavy (non-hydrogen) atoms. The predicted octanol–water partition coefficient (Wildman–Crippen LogP) is 4.33.